The Morgan fingerprint density at radius 2 is 1.88 bits per heavy atom. The number of hydrogen-bond acceptors (Lipinski definition) is 7. The zero-order valence-electron chi connectivity index (χ0n) is 18.2. The van der Waals surface area contributed by atoms with E-state index in [2.05, 4.69) is 5.32 Å². The lowest BCUT2D eigenvalue weighted by atomic mass is 9.96. The van der Waals surface area contributed by atoms with Gasteiger partial charge in [0.2, 0.25) is 10.7 Å². The molecule has 1 aliphatic carbocycles. The van der Waals surface area contributed by atoms with Crippen molar-refractivity contribution in [3.8, 4) is 11.4 Å². The van der Waals surface area contributed by atoms with Crippen molar-refractivity contribution in [2.75, 3.05) is 6.61 Å². The maximum Gasteiger partial charge on any atom is 0.217 e. The van der Waals surface area contributed by atoms with Crippen LogP contribution in [0.3, 0.4) is 0 Å². The third-order valence-electron chi connectivity index (χ3n) is 6.34. The predicted octanol–water partition coefficient (Wildman–Crippen LogP) is 1.62. The van der Waals surface area contributed by atoms with Crippen molar-refractivity contribution in [3.63, 3.8) is 0 Å². The van der Waals surface area contributed by atoms with E-state index in [0.29, 0.717) is 10.6 Å². The first-order valence-corrected chi connectivity index (χ1v) is 11.4. The summed E-state index contributed by atoms with van der Waals surface area (Å²) >= 11 is 5.83. The van der Waals surface area contributed by atoms with Crippen LogP contribution in [0.1, 0.15) is 50.4 Å². The van der Waals surface area contributed by atoms with Crippen LogP contribution < -0.4 is 5.32 Å². The number of aliphatic hydroxyl groups excluding tert-OH is 3. The molecule has 4 rings (SSSR count). The minimum absolute atomic E-state index is 0.194. The van der Waals surface area contributed by atoms with Crippen LogP contribution in [0.2, 0.25) is 0 Å². The van der Waals surface area contributed by atoms with Crippen molar-refractivity contribution in [2.45, 2.75) is 76.2 Å². The number of aliphatic hydroxyl groups is 3. The zero-order chi connectivity index (χ0) is 23.0. The molecule has 5 atom stereocenters. The lowest BCUT2D eigenvalue weighted by molar-refractivity contribution is -0.219. The summed E-state index contributed by atoms with van der Waals surface area (Å²) in [5, 5.41) is 38.2. The predicted molar refractivity (Wildman–Crippen MR) is 119 cm³/mol. The SMILES string of the molecule is CC(=O)N[C@@H]1[C@@H](O)[C@H](O)[C@@H](CO)O[C@H]1n1nc(-c2ccc(C)cc2)n(C2CCCC2)c1=S. The maximum atomic E-state index is 11.8. The minimum atomic E-state index is -1.37. The number of aromatic nitrogens is 3. The molecule has 2 heterocycles. The molecule has 1 aliphatic heterocycles. The van der Waals surface area contributed by atoms with Crippen LogP contribution in [0.25, 0.3) is 11.4 Å². The van der Waals surface area contributed by atoms with E-state index in [9.17, 15) is 20.1 Å². The Hall–Kier alpha value is -2.11. The molecule has 0 unspecified atom stereocenters. The molecule has 2 fully saturated rings. The van der Waals surface area contributed by atoms with Crippen LogP contribution in [0.4, 0.5) is 0 Å². The van der Waals surface area contributed by atoms with Gasteiger partial charge < -0.3 is 25.4 Å². The lowest BCUT2D eigenvalue weighted by Crippen LogP contribution is -2.62. The van der Waals surface area contributed by atoms with E-state index in [0.717, 1.165) is 36.8 Å². The molecule has 2 aromatic rings. The van der Waals surface area contributed by atoms with E-state index in [1.807, 2.05) is 35.8 Å². The van der Waals surface area contributed by atoms with E-state index in [1.54, 1.807) is 0 Å². The number of nitrogens with zero attached hydrogens (tertiary/aromatic N) is 3. The van der Waals surface area contributed by atoms with Gasteiger partial charge in [0.1, 0.15) is 24.4 Å². The van der Waals surface area contributed by atoms with Crippen LogP contribution in [0, 0.1) is 11.7 Å². The number of benzene rings is 1. The Morgan fingerprint density at radius 1 is 1.22 bits per heavy atom. The molecule has 9 nitrogen and oxygen atoms in total. The molecule has 1 saturated carbocycles. The number of amides is 1. The van der Waals surface area contributed by atoms with Gasteiger partial charge in [0, 0.05) is 18.5 Å². The second-order valence-electron chi connectivity index (χ2n) is 8.68. The fourth-order valence-corrected chi connectivity index (χ4v) is 5.03. The van der Waals surface area contributed by atoms with Gasteiger partial charge >= 0.3 is 0 Å². The fourth-order valence-electron chi connectivity index (χ4n) is 4.65. The quantitative estimate of drug-likeness (QED) is 0.498. The summed E-state index contributed by atoms with van der Waals surface area (Å²) in [6.07, 6.45) is -0.573. The van der Waals surface area contributed by atoms with Crippen molar-refractivity contribution < 1.29 is 24.9 Å². The minimum Gasteiger partial charge on any atom is -0.394 e. The Morgan fingerprint density at radius 3 is 2.47 bits per heavy atom. The van der Waals surface area contributed by atoms with E-state index >= 15 is 0 Å². The van der Waals surface area contributed by atoms with Crippen LogP contribution in [-0.2, 0) is 9.53 Å². The molecule has 1 amide bonds. The summed E-state index contributed by atoms with van der Waals surface area (Å²) in [6.45, 7) is 2.84. The highest BCUT2D eigenvalue weighted by molar-refractivity contribution is 7.71. The second kappa shape index (κ2) is 9.40. The smallest absolute Gasteiger partial charge is 0.217 e. The molecule has 0 bridgehead atoms. The first-order chi connectivity index (χ1) is 15.3. The van der Waals surface area contributed by atoms with Crippen LogP contribution in [-0.4, -0.2) is 66.5 Å². The van der Waals surface area contributed by atoms with Crippen LogP contribution >= 0.6 is 12.2 Å². The summed E-state index contributed by atoms with van der Waals surface area (Å²) in [5.41, 5.74) is 2.03. The number of carbonyl (C=O) groups is 1. The molecule has 32 heavy (non-hydrogen) atoms. The average Bonchev–Trinajstić information content (AvgIpc) is 3.40. The summed E-state index contributed by atoms with van der Waals surface area (Å²) in [5.74, 6) is 0.297. The van der Waals surface area contributed by atoms with Gasteiger partial charge in [0.25, 0.3) is 0 Å². The van der Waals surface area contributed by atoms with E-state index in [1.165, 1.54) is 11.6 Å². The molecule has 10 heteroatoms. The maximum absolute atomic E-state index is 11.8. The number of carbonyl (C=O) groups excluding carboxylic acids is 1. The van der Waals surface area contributed by atoms with Gasteiger partial charge in [0.15, 0.2) is 12.1 Å². The number of nitrogens with one attached hydrogen (secondary N) is 1. The van der Waals surface area contributed by atoms with E-state index in [4.69, 9.17) is 22.1 Å². The van der Waals surface area contributed by atoms with Gasteiger partial charge in [-0.05, 0) is 32.0 Å². The molecule has 0 spiro atoms. The van der Waals surface area contributed by atoms with Crippen molar-refractivity contribution in [1.82, 2.24) is 19.7 Å². The Labute approximate surface area is 191 Å². The highest BCUT2D eigenvalue weighted by Crippen LogP contribution is 2.36. The molecule has 4 N–H and O–H groups in total. The van der Waals surface area contributed by atoms with Crippen molar-refractivity contribution in [3.05, 3.63) is 34.6 Å². The fraction of sp³-hybridized carbons (Fsp3) is 0.591. The third kappa shape index (κ3) is 4.25. The van der Waals surface area contributed by atoms with Crippen LogP contribution in [0.5, 0.6) is 0 Å². The van der Waals surface area contributed by atoms with Gasteiger partial charge in [-0.25, -0.2) is 4.68 Å². The number of aryl methyl sites for hydroxylation is 1. The van der Waals surface area contributed by atoms with E-state index in [-0.39, 0.29) is 6.04 Å². The third-order valence-corrected chi connectivity index (χ3v) is 6.73. The summed E-state index contributed by atoms with van der Waals surface area (Å²) in [6, 6.07) is 7.20. The summed E-state index contributed by atoms with van der Waals surface area (Å²) < 4.78 is 9.86. The topological polar surface area (TPSA) is 122 Å². The molecule has 0 radical (unpaired) electrons. The summed E-state index contributed by atoms with van der Waals surface area (Å²) in [7, 11) is 0. The van der Waals surface area contributed by atoms with Gasteiger partial charge in [-0.15, -0.1) is 5.10 Å². The van der Waals surface area contributed by atoms with Gasteiger partial charge in [-0.3, -0.25) is 9.36 Å². The monoisotopic (exact) mass is 462 g/mol. The molecule has 1 saturated heterocycles. The number of hydrogen-bond donors (Lipinski definition) is 4. The largest absolute Gasteiger partial charge is 0.394 e. The van der Waals surface area contributed by atoms with Gasteiger partial charge in [0.05, 0.1) is 6.61 Å². The number of rotatable bonds is 5. The molecular formula is C22H30N4O5S. The second-order valence-corrected chi connectivity index (χ2v) is 9.05. The Bertz CT molecular complexity index is 1010. The Balaban J connectivity index is 1.84. The normalized spacial score (nSPS) is 28.7. The summed E-state index contributed by atoms with van der Waals surface area (Å²) in [4.78, 5) is 11.8. The highest BCUT2D eigenvalue weighted by atomic mass is 32.1. The molecule has 174 valence electrons. The average molecular weight is 463 g/mol. The van der Waals surface area contributed by atoms with E-state index < -0.39 is 43.1 Å². The van der Waals surface area contributed by atoms with Crippen molar-refractivity contribution in [2.24, 2.45) is 0 Å². The lowest BCUT2D eigenvalue weighted by Gasteiger charge is -2.42. The van der Waals surface area contributed by atoms with Gasteiger partial charge in [-0.2, -0.15) is 0 Å². The molecule has 1 aromatic heterocycles. The molecular weight excluding hydrogens is 432 g/mol. The van der Waals surface area contributed by atoms with Crippen molar-refractivity contribution in [1.29, 1.82) is 0 Å². The zero-order valence-corrected chi connectivity index (χ0v) is 19.0. The Kier molecular flexibility index (Phi) is 6.78. The first kappa shape index (κ1) is 23.1. The van der Waals surface area contributed by atoms with Gasteiger partial charge in [-0.1, -0.05) is 42.7 Å². The molecule has 2 aliphatic rings. The number of ether oxygens (including phenoxy) is 1. The standard InChI is InChI=1S/C22H30N4O5S/c1-12-7-9-14(10-8-12)20-24-26(22(32)25(20)15-5-3-4-6-15)21-17(23-13(2)28)19(30)18(29)16(11-27)31-21/h7-10,15-19,21,27,29-30H,3-6,11H2,1-2H3,(H,23,28)/t16-,17-,18-,19-,21-/m1/s1. The van der Waals surface area contributed by atoms with Crippen LogP contribution in [0.15, 0.2) is 24.3 Å². The highest BCUT2D eigenvalue weighted by Gasteiger charge is 2.46. The molecule has 1 aromatic carbocycles. The first-order valence-electron chi connectivity index (χ1n) is 11.0. The van der Waals surface area contributed by atoms with Crippen molar-refractivity contribution >= 4 is 18.1 Å².